The minimum absolute atomic E-state index is 0.0470. The molecule has 2 aliphatic rings. The summed E-state index contributed by atoms with van der Waals surface area (Å²) in [5.74, 6) is 0. The lowest BCUT2D eigenvalue weighted by Gasteiger charge is -2.47. The van der Waals surface area contributed by atoms with Gasteiger partial charge in [-0.05, 0) is 27.3 Å². The lowest BCUT2D eigenvalue weighted by Crippen LogP contribution is -2.64. The van der Waals surface area contributed by atoms with E-state index in [0.29, 0.717) is 26.3 Å². The third-order valence-electron chi connectivity index (χ3n) is 3.80. The Labute approximate surface area is 120 Å². The number of likely N-dealkylation sites (N-methyl/N-ethyl adjacent to an activating group) is 1. The number of hydrogen-bond donors (Lipinski definition) is 1. The van der Waals surface area contributed by atoms with E-state index in [1.54, 1.807) is 4.90 Å². The number of nitrogens with zero attached hydrogens (tertiary/aromatic N) is 2. The van der Waals surface area contributed by atoms with Crippen LogP contribution < -0.4 is 0 Å². The lowest BCUT2D eigenvalue weighted by molar-refractivity contribution is -0.0344. The van der Waals surface area contributed by atoms with E-state index in [1.807, 2.05) is 20.8 Å². The van der Waals surface area contributed by atoms with Gasteiger partial charge in [-0.15, -0.1) is 0 Å². The summed E-state index contributed by atoms with van der Waals surface area (Å²) in [4.78, 5) is 15.8. The number of ether oxygens (including phenoxy) is 2. The summed E-state index contributed by atoms with van der Waals surface area (Å²) < 4.78 is 10.7. The zero-order valence-corrected chi connectivity index (χ0v) is 12.8. The molecule has 0 aromatic heterocycles. The first-order valence-electron chi connectivity index (χ1n) is 7.31. The monoisotopic (exact) mass is 286 g/mol. The standard InChI is InChI=1S/C14H26N2O4/c1-5-16(11-8-19-9-12(11)17)10-6-15(7-10)13(18)20-14(2,3)4/h10-12,17H,5-9H2,1-4H3/t11-,12-/m1/s1. The maximum Gasteiger partial charge on any atom is 0.410 e. The van der Waals surface area contributed by atoms with Crippen LogP contribution in [0, 0.1) is 0 Å². The molecule has 6 nitrogen and oxygen atoms in total. The predicted octanol–water partition coefficient (Wildman–Crippen LogP) is 0.687. The first kappa shape index (κ1) is 15.5. The van der Waals surface area contributed by atoms with Crippen LogP contribution in [0.1, 0.15) is 27.7 Å². The summed E-state index contributed by atoms with van der Waals surface area (Å²) in [5, 5.41) is 9.91. The SMILES string of the molecule is CCN(C1CN(C(=O)OC(C)(C)C)C1)[C@@H]1COC[C@H]1O. The third kappa shape index (κ3) is 3.42. The highest BCUT2D eigenvalue weighted by atomic mass is 16.6. The van der Waals surface area contributed by atoms with Gasteiger partial charge in [0.2, 0.25) is 0 Å². The normalized spacial score (nSPS) is 27.8. The van der Waals surface area contributed by atoms with Gasteiger partial charge in [0.05, 0.1) is 25.4 Å². The quantitative estimate of drug-likeness (QED) is 0.827. The van der Waals surface area contributed by atoms with Gasteiger partial charge in [0.15, 0.2) is 0 Å². The van der Waals surface area contributed by atoms with Crippen LogP contribution in [0.3, 0.4) is 0 Å². The number of carbonyl (C=O) groups is 1. The first-order chi connectivity index (χ1) is 9.31. The van der Waals surface area contributed by atoms with Crippen LogP contribution in [0.5, 0.6) is 0 Å². The highest BCUT2D eigenvalue weighted by molar-refractivity contribution is 5.69. The van der Waals surface area contributed by atoms with E-state index in [2.05, 4.69) is 11.8 Å². The van der Waals surface area contributed by atoms with Gasteiger partial charge in [0.25, 0.3) is 0 Å². The van der Waals surface area contributed by atoms with Crippen LogP contribution in [0.2, 0.25) is 0 Å². The number of rotatable bonds is 3. The number of aliphatic hydroxyl groups is 1. The molecule has 2 rings (SSSR count). The largest absolute Gasteiger partial charge is 0.444 e. The topological polar surface area (TPSA) is 62.2 Å². The second-order valence-electron chi connectivity index (χ2n) is 6.54. The van der Waals surface area contributed by atoms with Crippen molar-refractivity contribution in [2.75, 3.05) is 32.8 Å². The molecule has 2 heterocycles. The number of likely N-dealkylation sites (tertiary alicyclic amines) is 1. The fourth-order valence-electron chi connectivity index (χ4n) is 2.75. The Morgan fingerprint density at radius 1 is 1.40 bits per heavy atom. The third-order valence-corrected chi connectivity index (χ3v) is 3.80. The minimum Gasteiger partial charge on any atom is -0.444 e. The summed E-state index contributed by atoms with van der Waals surface area (Å²) in [5.41, 5.74) is -0.456. The van der Waals surface area contributed by atoms with Crippen LogP contribution in [0.4, 0.5) is 4.79 Å². The second kappa shape index (κ2) is 5.87. The van der Waals surface area contributed by atoms with Gasteiger partial charge in [-0.25, -0.2) is 4.79 Å². The van der Waals surface area contributed by atoms with Gasteiger partial charge in [-0.3, -0.25) is 4.90 Å². The lowest BCUT2D eigenvalue weighted by atomic mass is 10.0. The van der Waals surface area contributed by atoms with Gasteiger partial charge in [-0.1, -0.05) is 6.92 Å². The molecule has 1 N–H and O–H groups in total. The Kier molecular flexibility index (Phi) is 4.56. The number of carbonyl (C=O) groups excluding carboxylic acids is 1. The van der Waals surface area contributed by atoms with E-state index in [4.69, 9.17) is 9.47 Å². The number of amides is 1. The van der Waals surface area contributed by atoms with Crippen molar-refractivity contribution in [1.82, 2.24) is 9.80 Å². The molecule has 2 saturated heterocycles. The van der Waals surface area contributed by atoms with E-state index in [1.165, 1.54) is 0 Å². The first-order valence-corrected chi connectivity index (χ1v) is 7.31. The van der Waals surface area contributed by atoms with Crippen molar-refractivity contribution in [3.05, 3.63) is 0 Å². The van der Waals surface area contributed by atoms with Crippen LogP contribution in [-0.2, 0) is 9.47 Å². The van der Waals surface area contributed by atoms with E-state index in [0.717, 1.165) is 6.54 Å². The maximum atomic E-state index is 11.9. The van der Waals surface area contributed by atoms with Gasteiger partial charge >= 0.3 is 6.09 Å². The van der Waals surface area contributed by atoms with Crippen LogP contribution in [0.15, 0.2) is 0 Å². The number of aliphatic hydroxyl groups excluding tert-OH is 1. The fourth-order valence-corrected chi connectivity index (χ4v) is 2.75. The molecule has 6 heteroatoms. The van der Waals surface area contributed by atoms with Crippen LogP contribution in [0.25, 0.3) is 0 Å². The molecule has 0 aliphatic carbocycles. The smallest absolute Gasteiger partial charge is 0.410 e. The van der Waals surface area contributed by atoms with E-state index in [9.17, 15) is 9.90 Å². The second-order valence-corrected chi connectivity index (χ2v) is 6.54. The Morgan fingerprint density at radius 2 is 2.05 bits per heavy atom. The summed E-state index contributed by atoms with van der Waals surface area (Å²) >= 11 is 0. The van der Waals surface area contributed by atoms with Crippen molar-refractivity contribution in [3.63, 3.8) is 0 Å². The van der Waals surface area contributed by atoms with Gasteiger partial charge in [-0.2, -0.15) is 0 Å². The average molecular weight is 286 g/mol. The van der Waals surface area contributed by atoms with Gasteiger partial charge < -0.3 is 19.5 Å². The summed E-state index contributed by atoms with van der Waals surface area (Å²) in [6, 6.07) is 0.333. The Bertz CT molecular complexity index is 350. The van der Waals surface area contributed by atoms with Crippen molar-refractivity contribution in [2.24, 2.45) is 0 Å². The molecule has 0 bridgehead atoms. The van der Waals surface area contributed by atoms with Gasteiger partial charge in [0, 0.05) is 19.1 Å². The molecule has 0 radical (unpaired) electrons. The molecule has 0 aromatic carbocycles. The molecule has 2 aliphatic heterocycles. The summed E-state index contributed by atoms with van der Waals surface area (Å²) in [6.45, 7) is 10.8. The molecule has 2 atom stereocenters. The minimum atomic E-state index is -0.456. The van der Waals surface area contributed by atoms with Crippen LogP contribution >= 0.6 is 0 Å². The predicted molar refractivity (Wildman–Crippen MR) is 74.6 cm³/mol. The molecule has 116 valence electrons. The summed E-state index contributed by atoms with van der Waals surface area (Å²) in [6.07, 6.45) is -0.682. The van der Waals surface area contributed by atoms with Crippen molar-refractivity contribution in [1.29, 1.82) is 0 Å². The maximum absolute atomic E-state index is 11.9. The molecule has 2 fully saturated rings. The molecule has 0 saturated carbocycles. The molecule has 0 spiro atoms. The molecule has 1 amide bonds. The Balaban J connectivity index is 1.83. The zero-order chi connectivity index (χ0) is 14.9. The number of hydrogen-bond acceptors (Lipinski definition) is 5. The van der Waals surface area contributed by atoms with Crippen molar-refractivity contribution < 1.29 is 19.4 Å². The van der Waals surface area contributed by atoms with Gasteiger partial charge in [0.1, 0.15) is 5.60 Å². The highest BCUT2D eigenvalue weighted by Gasteiger charge is 2.42. The molecule has 20 heavy (non-hydrogen) atoms. The fraction of sp³-hybridized carbons (Fsp3) is 0.929. The van der Waals surface area contributed by atoms with E-state index in [-0.39, 0.29) is 18.2 Å². The molecular weight excluding hydrogens is 260 g/mol. The molecular formula is C14H26N2O4. The Morgan fingerprint density at radius 3 is 2.50 bits per heavy atom. The van der Waals surface area contributed by atoms with Crippen molar-refractivity contribution in [3.8, 4) is 0 Å². The zero-order valence-electron chi connectivity index (χ0n) is 12.8. The van der Waals surface area contributed by atoms with Crippen LogP contribution in [-0.4, -0.2) is 77.6 Å². The molecule has 0 aromatic rings. The average Bonchev–Trinajstić information content (AvgIpc) is 2.66. The van der Waals surface area contributed by atoms with E-state index >= 15 is 0 Å². The highest BCUT2D eigenvalue weighted by Crippen LogP contribution is 2.23. The van der Waals surface area contributed by atoms with E-state index < -0.39 is 11.7 Å². The Hall–Kier alpha value is -0.850. The summed E-state index contributed by atoms with van der Waals surface area (Å²) in [7, 11) is 0. The van der Waals surface area contributed by atoms with Crippen molar-refractivity contribution >= 4 is 6.09 Å². The molecule has 0 unspecified atom stereocenters. The van der Waals surface area contributed by atoms with Crippen molar-refractivity contribution in [2.45, 2.75) is 51.5 Å².